The molecule has 0 aromatic carbocycles. The van der Waals surface area contributed by atoms with Gasteiger partial charge in [0, 0.05) is 26.1 Å². The molecule has 92 valence electrons. The molecule has 1 rings (SSSR count). The van der Waals surface area contributed by atoms with Crippen LogP contribution in [0.1, 0.15) is 33.1 Å². The van der Waals surface area contributed by atoms with Gasteiger partial charge in [0.05, 0.1) is 5.54 Å². The Bertz CT molecular complexity index is 289. The third-order valence-electron chi connectivity index (χ3n) is 3.22. The summed E-state index contributed by atoms with van der Waals surface area (Å²) in [5, 5.41) is 2.90. The van der Waals surface area contributed by atoms with E-state index in [2.05, 4.69) is 5.32 Å². The van der Waals surface area contributed by atoms with Crippen molar-refractivity contribution < 1.29 is 9.59 Å². The smallest absolute Gasteiger partial charge is 0.240 e. The number of nitrogens with two attached hydrogens (primary N) is 1. The fourth-order valence-corrected chi connectivity index (χ4v) is 1.64. The van der Waals surface area contributed by atoms with E-state index in [1.54, 1.807) is 18.9 Å². The van der Waals surface area contributed by atoms with Crippen LogP contribution in [0.2, 0.25) is 0 Å². The van der Waals surface area contributed by atoms with Crippen molar-refractivity contribution in [3.8, 4) is 0 Å². The first-order valence-electron chi connectivity index (χ1n) is 5.70. The maximum atomic E-state index is 11.8. The van der Waals surface area contributed by atoms with Crippen LogP contribution < -0.4 is 11.1 Å². The predicted molar refractivity (Wildman–Crippen MR) is 61.7 cm³/mol. The lowest BCUT2D eigenvalue weighted by Crippen LogP contribution is -2.57. The zero-order valence-electron chi connectivity index (χ0n) is 10.2. The molecular weight excluding hydrogens is 206 g/mol. The van der Waals surface area contributed by atoms with E-state index in [9.17, 15) is 9.59 Å². The molecular formula is C11H21N3O2. The molecule has 1 heterocycles. The average Bonchev–Trinajstić information content (AvgIpc) is 2.23. The number of hydrogen-bond acceptors (Lipinski definition) is 3. The molecule has 2 atom stereocenters. The van der Waals surface area contributed by atoms with Crippen LogP contribution >= 0.6 is 0 Å². The summed E-state index contributed by atoms with van der Waals surface area (Å²) in [7, 11) is 1.75. The van der Waals surface area contributed by atoms with Crippen molar-refractivity contribution in [2.75, 3.05) is 13.6 Å². The summed E-state index contributed by atoms with van der Waals surface area (Å²) >= 11 is 0. The highest BCUT2D eigenvalue weighted by Crippen LogP contribution is 2.11. The molecule has 0 aromatic rings. The third kappa shape index (κ3) is 2.95. The lowest BCUT2D eigenvalue weighted by Gasteiger charge is -2.32. The summed E-state index contributed by atoms with van der Waals surface area (Å²) < 4.78 is 0. The first-order chi connectivity index (χ1) is 7.36. The van der Waals surface area contributed by atoms with Gasteiger partial charge in [-0.2, -0.15) is 0 Å². The fourth-order valence-electron chi connectivity index (χ4n) is 1.64. The summed E-state index contributed by atoms with van der Waals surface area (Å²) in [5.74, 6) is -0.000695. The van der Waals surface area contributed by atoms with E-state index in [4.69, 9.17) is 5.73 Å². The number of nitrogens with zero attached hydrogens (tertiary/aromatic N) is 1. The Balaban J connectivity index is 2.50. The van der Waals surface area contributed by atoms with Gasteiger partial charge in [0.15, 0.2) is 0 Å². The minimum absolute atomic E-state index is 0.0321. The molecule has 0 spiro atoms. The second-order valence-electron chi connectivity index (χ2n) is 4.75. The van der Waals surface area contributed by atoms with Crippen molar-refractivity contribution in [2.24, 2.45) is 5.73 Å². The molecule has 1 saturated heterocycles. The molecule has 16 heavy (non-hydrogen) atoms. The van der Waals surface area contributed by atoms with Crippen LogP contribution in [0.25, 0.3) is 0 Å². The van der Waals surface area contributed by atoms with Gasteiger partial charge in [-0.1, -0.05) is 6.92 Å². The Morgan fingerprint density at radius 2 is 2.31 bits per heavy atom. The maximum absolute atomic E-state index is 11.8. The Kier molecular flexibility index (Phi) is 3.91. The van der Waals surface area contributed by atoms with E-state index in [0.29, 0.717) is 25.8 Å². The number of nitrogens with one attached hydrogen (secondary N) is 1. The van der Waals surface area contributed by atoms with Gasteiger partial charge in [0.2, 0.25) is 11.8 Å². The van der Waals surface area contributed by atoms with Crippen LogP contribution in [-0.4, -0.2) is 41.9 Å². The molecule has 2 amide bonds. The number of likely N-dealkylation sites (N-methyl/N-ethyl adjacent to an activating group) is 1. The molecule has 5 nitrogen and oxygen atoms in total. The lowest BCUT2D eigenvalue weighted by molar-refractivity contribution is -0.134. The molecule has 2 unspecified atom stereocenters. The van der Waals surface area contributed by atoms with Crippen molar-refractivity contribution in [3.63, 3.8) is 0 Å². The standard InChI is InChI=1S/C11H21N3O2/c1-4-11(2,12)10(16)13-8-5-6-9(15)14(3)7-8/h8H,4-7,12H2,1-3H3,(H,13,16). The molecule has 1 fully saturated rings. The van der Waals surface area contributed by atoms with Crippen LogP contribution in [0.3, 0.4) is 0 Å². The van der Waals surface area contributed by atoms with Crippen molar-refractivity contribution in [2.45, 2.75) is 44.7 Å². The van der Waals surface area contributed by atoms with Crippen LogP contribution in [0.15, 0.2) is 0 Å². The van der Waals surface area contributed by atoms with E-state index >= 15 is 0 Å². The molecule has 1 aliphatic rings. The lowest BCUT2D eigenvalue weighted by atomic mass is 9.97. The summed E-state index contributed by atoms with van der Waals surface area (Å²) in [5.41, 5.74) is 5.03. The summed E-state index contributed by atoms with van der Waals surface area (Å²) in [6.07, 6.45) is 1.80. The van der Waals surface area contributed by atoms with Gasteiger partial charge in [0.1, 0.15) is 0 Å². The molecule has 0 radical (unpaired) electrons. The second kappa shape index (κ2) is 4.82. The number of piperidine rings is 1. The van der Waals surface area contributed by atoms with Crippen molar-refractivity contribution in [3.05, 3.63) is 0 Å². The maximum Gasteiger partial charge on any atom is 0.240 e. The van der Waals surface area contributed by atoms with E-state index in [1.807, 2.05) is 6.92 Å². The molecule has 1 aliphatic heterocycles. The first-order valence-corrected chi connectivity index (χ1v) is 5.70. The molecule has 0 aromatic heterocycles. The Labute approximate surface area is 96.4 Å². The Hall–Kier alpha value is -1.10. The number of likely N-dealkylation sites (tertiary alicyclic amines) is 1. The Morgan fingerprint density at radius 1 is 1.69 bits per heavy atom. The molecule has 0 aliphatic carbocycles. The number of carbonyl (C=O) groups is 2. The molecule has 5 heteroatoms. The molecule has 3 N–H and O–H groups in total. The summed E-state index contributed by atoms with van der Waals surface area (Å²) in [6, 6.07) is 0.0321. The molecule has 0 bridgehead atoms. The van der Waals surface area contributed by atoms with Gasteiger partial charge in [0.25, 0.3) is 0 Å². The van der Waals surface area contributed by atoms with Crippen LogP contribution in [-0.2, 0) is 9.59 Å². The highest BCUT2D eigenvalue weighted by Gasteiger charge is 2.30. The van der Waals surface area contributed by atoms with Crippen LogP contribution in [0.4, 0.5) is 0 Å². The van der Waals surface area contributed by atoms with Crippen molar-refractivity contribution in [1.29, 1.82) is 0 Å². The minimum Gasteiger partial charge on any atom is -0.350 e. The number of carbonyl (C=O) groups excluding carboxylic acids is 2. The minimum atomic E-state index is -0.819. The zero-order chi connectivity index (χ0) is 12.3. The first kappa shape index (κ1) is 13.0. The van der Waals surface area contributed by atoms with Crippen LogP contribution in [0, 0.1) is 0 Å². The highest BCUT2D eigenvalue weighted by molar-refractivity contribution is 5.86. The SMILES string of the molecule is CCC(C)(N)C(=O)NC1CCC(=O)N(C)C1. The number of rotatable bonds is 3. The van der Waals surface area contributed by atoms with Gasteiger partial charge in [-0.15, -0.1) is 0 Å². The van der Waals surface area contributed by atoms with Gasteiger partial charge in [-0.3, -0.25) is 9.59 Å². The highest BCUT2D eigenvalue weighted by atomic mass is 16.2. The normalized spacial score (nSPS) is 25.1. The molecule has 0 saturated carbocycles. The zero-order valence-corrected chi connectivity index (χ0v) is 10.2. The third-order valence-corrected chi connectivity index (χ3v) is 3.22. The predicted octanol–water partition coefficient (Wildman–Crippen LogP) is -0.149. The van der Waals surface area contributed by atoms with E-state index in [-0.39, 0.29) is 17.9 Å². The van der Waals surface area contributed by atoms with Crippen molar-refractivity contribution in [1.82, 2.24) is 10.2 Å². The van der Waals surface area contributed by atoms with Gasteiger partial charge < -0.3 is 16.0 Å². The second-order valence-corrected chi connectivity index (χ2v) is 4.75. The summed E-state index contributed by atoms with van der Waals surface area (Å²) in [6.45, 7) is 4.18. The monoisotopic (exact) mass is 227 g/mol. The average molecular weight is 227 g/mol. The fraction of sp³-hybridized carbons (Fsp3) is 0.818. The number of amides is 2. The van der Waals surface area contributed by atoms with E-state index < -0.39 is 5.54 Å². The Morgan fingerprint density at radius 3 is 2.81 bits per heavy atom. The topological polar surface area (TPSA) is 75.4 Å². The summed E-state index contributed by atoms with van der Waals surface area (Å²) in [4.78, 5) is 24.7. The largest absolute Gasteiger partial charge is 0.350 e. The van der Waals surface area contributed by atoms with Crippen molar-refractivity contribution >= 4 is 11.8 Å². The quantitative estimate of drug-likeness (QED) is 0.704. The van der Waals surface area contributed by atoms with Gasteiger partial charge in [-0.25, -0.2) is 0 Å². The van der Waals surface area contributed by atoms with Gasteiger partial charge in [-0.05, 0) is 19.8 Å². The van der Waals surface area contributed by atoms with E-state index in [0.717, 1.165) is 0 Å². The van der Waals surface area contributed by atoms with Gasteiger partial charge >= 0.3 is 0 Å². The van der Waals surface area contributed by atoms with Crippen LogP contribution in [0.5, 0.6) is 0 Å². The number of hydrogen-bond donors (Lipinski definition) is 2. The van der Waals surface area contributed by atoms with E-state index in [1.165, 1.54) is 0 Å².